The number of carbonyl (C=O) groups excluding carboxylic acids is 2. The zero-order valence-corrected chi connectivity index (χ0v) is 22.1. The molecular formula is C32H34N2O4. The molecule has 6 rings (SSSR count). The number of nitrogens with zero attached hydrogens (tertiary/aromatic N) is 2. The van der Waals surface area contributed by atoms with Gasteiger partial charge in [-0.1, -0.05) is 54.6 Å². The van der Waals surface area contributed by atoms with Gasteiger partial charge in [-0.3, -0.25) is 9.59 Å². The fourth-order valence-corrected chi connectivity index (χ4v) is 6.62. The Morgan fingerprint density at radius 3 is 2.29 bits per heavy atom. The number of piperidine rings is 1. The summed E-state index contributed by atoms with van der Waals surface area (Å²) in [5.74, 6) is 1.16. The summed E-state index contributed by atoms with van der Waals surface area (Å²) in [7, 11) is 3.16. The molecular weight excluding hydrogens is 476 g/mol. The first-order valence-electron chi connectivity index (χ1n) is 13.6. The fourth-order valence-electron chi connectivity index (χ4n) is 6.62. The molecule has 0 saturated carbocycles. The van der Waals surface area contributed by atoms with Crippen molar-refractivity contribution in [2.75, 3.05) is 33.9 Å². The van der Waals surface area contributed by atoms with E-state index < -0.39 is 5.92 Å². The van der Waals surface area contributed by atoms with E-state index in [1.807, 2.05) is 28.0 Å². The van der Waals surface area contributed by atoms with Gasteiger partial charge in [0, 0.05) is 25.2 Å². The molecule has 6 nitrogen and oxygen atoms in total. The van der Waals surface area contributed by atoms with Crippen LogP contribution in [-0.2, 0) is 17.6 Å². The van der Waals surface area contributed by atoms with Crippen molar-refractivity contribution < 1.29 is 19.1 Å². The molecule has 2 atom stereocenters. The van der Waals surface area contributed by atoms with Crippen LogP contribution in [0.2, 0.25) is 0 Å². The number of hydrogen-bond donors (Lipinski definition) is 0. The molecule has 2 unspecified atom stereocenters. The molecule has 0 aliphatic carbocycles. The molecule has 6 heteroatoms. The van der Waals surface area contributed by atoms with Gasteiger partial charge in [0.05, 0.1) is 26.2 Å². The highest BCUT2D eigenvalue weighted by Crippen LogP contribution is 2.49. The minimum absolute atomic E-state index is 0.0499. The number of ether oxygens (including phenoxy) is 2. The molecule has 1 fully saturated rings. The van der Waals surface area contributed by atoms with E-state index in [2.05, 4.69) is 42.5 Å². The SMILES string of the molecule is COc1cc2c(cc1OC)C(C(=O)N1CCC(Cc3ccccc3)CC1)C1c3ccccc3CCN1C2=O. The predicted octanol–water partition coefficient (Wildman–Crippen LogP) is 5.02. The van der Waals surface area contributed by atoms with Crippen molar-refractivity contribution in [3.8, 4) is 11.5 Å². The summed E-state index contributed by atoms with van der Waals surface area (Å²) in [6.45, 7) is 2.06. The lowest BCUT2D eigenvalue weighted by Crippen LogP contribution is -2.51. The normalized spacial score (nSPS) is 20.8. The van der Waals surface area contributed by atoms with Crippen LogP contribution in [-0.4, -0.2) is 55.5 Å². The Morgan fingerprint density at radius 2 is 1.55 bits per heavy atom. The lowest BCUT2D eigenvalue weighted by Gasteiger charge is -2.47. The van der Waals surface area contributed by atoms with Crippen molar-refractivity contribution in [2.24, 2.45) is 5.92 Å². The van der Waals surface area contributed by atoms with Crippen LogP contribution in [0.3, 0.4) is 0 Å². The van der Waals surface area contributed by atoms with Gasteiger partial charge in [0.1, 0.15) is 0 Å². The molecule has 3 aromatic carbocycles. The van der Waals surface area contributed by atoms with E-state index in [4.69, 9.17) is 9.47 Å². The van der Waals surface area contributed by atoms with Crippen LogP contribution >= 0.6 is 0 Å². The van der Waals surface area contributed by atoms with E-state index >= 15 is 0 Å². The van der Waals surface area contributed by atoms with Crippen molar-refractivity contribution >= 4 is 11.8 Å². The number of hydrogen-bond acceptors (Lipinski definition) is 4. The van der Waals surface area contributed by atoms with Crippen LogP contribution in [0, 0.1) is 5.92 Å². The number of amides is 2. The van der Waals surface area contributed by atoms with Gasteiger partial charge in [-0.2, -0.15) is 0 Å². The quantitative estimate of drug-likeness (QED) is 0.484. The summed E-state index contributed by atoms with van der Waals surface area (Å²) in [5, 5.41) is 0. The van der Waals surface area contributed by atoms with E-state index in [1.54, 1.807) is 20.3 Å². The highest BCUT2D eigenvalue weighted by molar-refractivity contribution is 6.02. The number of methoxy groups -OCH3 is 2. The Labute approximate surface area is 224 Å². The maximum atomic E-state index is 14.4. The molecule has 0 N–H and O–H groups in total. The average Bonchev–Trinajstić information content (AvgIpc) is 2.97. The minimum Gasteiger partial charge on any atom is -0.493 e. The number of likely N-dealkylation sites (tertiary alicyclic amines) is 1. The number of benzene rings is 3. The monoisotopic (exact) mass is 510 g/mol. The van der Waals surface area contributed by atoms with Crippen LogP contribution in [0.4, 0.5) is 0 Å². The average molecular weight is 511 g/mol. The summed E-state index contributed by atoms with van der Waals surface area (Å²) in [6.07, 6.45) is 3.79. The van der Waals surface area contributed by atoms with E-state index in [-0.39, 0.29) is 17.9 Å². The summed E-state index contributed by atoms with van der Waals surface area (Å²) in [5.41, 5.74) is 4.92. The van der Waals surface area contributed by atoms with Gasteiger partial charge in [-0.15, -0.1) is 0 Å². The zero-order chi connectivity index (χ0) is 26.2. The van der Waals surface area contributed by atoms with Crippen LogP contribution < -0.4 is 9.47 Å². The largest absolute Gasteiger partial charge is 0.493 e. The molecule has 196 valence electrons. The van der Waals surface area contributed by atoms with Gasteiger partial charge in [-0.05, 0) is 66.0 Å². The maximum absolute atomic E-state index is 14.4. The third-order valence-electron chi connectivity index (χ3n) is 8.59. The van der Waals surface area contributed by atoms with Gasteiger partial charge >= 0.3 is 0 Å². The second-order valence-electron chi connectivity index (χ2n) is 10.6. The predicted molar refractivity (Wildman–Crippen MR) is 146 cm³/mol. The van der Waals surface area contributed by atoms with Gasteiger partial charge < -0.3 is 19.3 Å². The van der Waals surface area contributed by atoms with Crippen LogP contribution in [0.15, 0.2) is 66.7 Å². The smallest absolute Gasteiger partial charge is 0.254 e. The molecule has 3 aliphatic rings. The van der Waals surface area contributed by atoms with Crippen molar-refractivity contribution in [1.29, 1.82) is 0 Å². The van der Waals surface area contributed by atoms with Crippen molar-refractivity contribution in [3.05, 3.63) is 94.5 Å². The molecule has 2 amide bonds. The highest BCUT2D eigenvalue weighted by Gasteiger charge is 2.48. The van der Waals surface area contributed by atoms with Gasteiger partial charge in [0.25, 0.3) is 5.91 Å². The van der Waals surface area contributed by atoms with Crippen LogP contribution in [0.25, 0.3) is 0 Å². The van der Waals surface area contributed by atoms with Gasteiger partial charge in [0.2, 0.25) is 5.91 Å². The molecule has 3 aliphatic heterocycles. The topological polar surface area (TPSA) is 59.1 Å². The van der Waals surface area contributed by atoms with E-state index in [0.717, 1.165) is 49.9 Å². The maximum Gasteiger partial charge on any atom is 0.254 e. The van der Waals surface area contributed by atoms with Crippen LogP contribution in [0.5, 0.6) is 11.5 Å². The van der Waals surface area contributed by atoms with Gasteiger partial charge in [0.15, 0.2) is 11.5 Å². The standard InChI is InChI=1S/C32H34N2O4/c1-37-27-19-25-26(20-28(27)38-2)31(35)34-17-14-23-10-6-7-11-24(23)30(34)29(25)32(36)33-15-12-22(13-16-33)18-21-8-4-3-5-9-21/h3-11,19-20,22,29-30H,12-18H2,1-2H3. The first kappa shape index (κ1) is 24.5. The van der Waals surface area contributed by atoms with E-state index in [1.165, 1.54) is 11.1 Å². The van der Waals surface area contributed by atoms with Crippen molar-refractivity contribution in [1.82, 2.24) is 9.80 Å². The third-order valence-corrected chi connectivity index (χ3v) is 8.59. The Hall–Kier alpha value is -3.80. The number of fused-ring (bicyclic) bond motifs is 4. The molecule has 3 heterocycles. The van der Waals surface area contributed by atoms with Gasteiger partial charge in [-0.25, -0.2) is 0 Å². The Morgan fingerprint density at radius 1 is 0.868 bits per heavy atom. The molecule has 0 bridgehead atoms. The number of carbonyl (C=O) groups is 2. The molecule has 1 saturated heterocycles. The number of rotatable bonds is 5. The Bertz CT molecular complexity index is 1350. The molecule has 0 spiro atoms. The van der Waals surface area contributed by atoms with E-state index in [0.29, 0.717) is 29.5 Å². The molecule has 3 aromatic rings. The summed E-state index contributed by atoms with van der Waals surface area (Å²) in [6, 6.07) is 22.1. The summed E-state index contributed by atoms with van der Waals surface area (Å²) < 4.78 is 11.1. The van der Waals surface area contributed by atoms with E-state index in [9.17, 15) is 9.59 Å². The summed E-state index contributed by atoms with van der Waals surface area (Å²) in [4.78, 5) is 32.1. The Balaban J connectivity index is 1.35. The highest BCUT2D eigenvalue weighted by atomic mass is 16.5. The Kier molecular flexibility index (Phi) is 6.56. The molecule has 0 radical (unpaired) electrons. The lowest BCUT2D eigenvalue weighted by atomic mass is 9.75. The first-order valence-corrected chi connectivity index (χ1v) is 13.6. The second-order valence-corrected chi connectivity index (χ2v) is 10.6. The molecule has 0 aromatic heterocycles. The van der Waals surface area contributed by atoms with Crippen LogP contribution in [0.1, 0.15) is 57.4 Å². The van der Waals surface area contributed by atoms with Crippen molar-refractivity contribution in [3.63, 3.8) is 0 Å². The summed E-state index contributed by atoms with van der Waals surface area (Å²) >= 11 is 0. The lowest BCUT2D eigenvalue weighted by molar-refractivity contribution is -0.136. The fraction of sp³-hybridized carbons (Fsp3) is 0.375. The second kappa shape index (κ2) is 10.2. The molecule has 38 heavy (non-hydrogen) atoms. The minimum atomic E-state index is -0.491. The third kappa shape index (κ3) is 4.22. The van der Waals surface area contributed by atoms with Crippen molar-refractivity contribution in [2.45, 2.75) is 37.6 Å². The first-order chi connectivity index (χ1) is 18.6. The zero-order valence-electron chi connectivity index (χ0n) is 22.1.